The van der Waals surface area contributed by atoms with Crippen LogP contribution in [0.4, 0.5) is 10.5 Å². The van der Waals surface area contributed by atoms with Gasteiger partial charge in [-0.1, -0.05) is 24.3 Å². The summed E-state index contributed by atoms with van der Waals surface area (Å²) in [5, 5.41) is 2.21. The van der Waals surface area contributed by atoms with Crippen molar-refractivity contribution in [3.8, 4) is 5.75 Å². The van der Waals surface area contributed by atoms with E-state index in [0.717, 1.165) is 14.2 Å². The van der Waals surface area contributed by atoms with Gasteiger partial charge < -0.3 is 4.74 Å². The number of urea groups is 1. The number of hydrogen-bond donors (Lipinski definition) is 1. The van der Waals surface area contributed by atoms with E-state index in [-0.39, 0.29) is 5.57 Å². The number of anilines is 1. The monoisotopic (exact) mass is 462 g/mol. The molecule has 1 fully saturated rings. The van der Waals surface area contributed by atoms with Crippen LogP contribution in [0.5, 0.6) is 5.75 Å². The van der Waals surface area contributed by atoms with Crippen LogP contribution in [-0.4, -0.2) is 24.5 Å². The highest BCUT2D eigenvalue weighted by molar-refractivity contribution is 14.1. The first-order chi connectivity index (χ1) is 12.5. The summed E-state index contributed by atoms with van der Waals surface area (Å²) in [4.78, 5) is 38.0. The van der Waals surface area contributed by atoms with Crippen molar-refractivity contribution in [1.29, 1.82) is 0 Å². The van der Waals surface area contributed by atoms with E-state index in [4.69, 9.17) is 4.74 Å². The molecule has 0 aliphatic carbocycles. The molecule has 0 radical (unpaired) electrons. The normalized spacial score (nSPS) is 16.0. The van der Waals surface area contributed by atoms with Crippen LogP contribution in [0.25, 0.3) is 6.08 Å². The number of barbiturate groups is 1. The Bertz CT molecular complexity index is 909. The summed E-state index contributed by atoms with van der Waals surface area (Å²) in [6.07, 6.45) is 1.47. The molecular formula is C19H15IN2O4. The second kappa shape index (κ2) is 7.69. The number of ether oxygens (including phenoxy) is 1. The van der Waals surface area contributed by atoms with Crippen LogP contribution < -0.4 is 15.0 Å². The molecule has 0 bridgehead atoms. The van der Waals surface area contributed by atoms with Gasteiger partial charge in [-0.25, -0.2) is 9.69 Å². The van der Waals surface area contributed by atoms with Crippen LogP contribution in [0.15, 0.2) is 54.1 Å². The minimum absolute atomic E-state index is 0.103. The molecule has 26 heavy (non-hydrogen) atoms. The van der Waals surface area contributed by atoms with Crippen LogP contribution in [0.3, 0.4) is 0 Å². The van der Waals surface area contributed by atoms with Crippen molar-refractivity contribution in [3.05, 3.63) is 63.2 Å². The Hall–Kier alpha value is -2.68. The molecule has 2 aromatic rings. The Labute approximate surface area is 164 Å². The largest absolute Gasteiger partial charge is 0.493 e. The van der Waals surface area contributed by atoms with Crippen molar-refractivity contribution in [2.45, 2.75) is 6.92 Å². The number of amides is 4. The summed E-state index contributed by atoms with van der Waals surface area (Å²) in [6, 6.07) is 13.0. The number of carbonyl (C=O) groups excluding carboxylic acids is 3. The number of hydrogen-bond acceptors (Lipinski definition) is 4. The third kappa shape index (κ3) is 3.62. The van der Waals surface area contributed by atoms with Crippen LogP contribution in [0, 0.1) is 3.57 Å². The maximum atomic E-state index is 12.8. The third-order valence-corrected chi connectivity index (χ3v) is 4.53. The Kier molecular flexibility index (Phi) is 5.36. The minimum atomic E-state index is -0.760. The lowest BCUT2D eigenvalue weighted by atomic mass is 10.1. The maximum absolute atomic E-state index is 12.8. The third-order valence-electron chi connectivity index (χ3n) is 3.68. The number of nitrogens with one attached hydrogen (secondary N) is 1. The molecule has 0 spiro atoms. The highest BCUT2D eigenvalue weighted by Crippen LogP contribution is 2.25. The number of imide groups is 2. The van der Waals surface area contributed by atoms with Crippen molar-refractivity contribution in [2.24, 2.45) is 0 Å². The van der Waals surface area contributed by atoms with Gasteiger partial charge in [0, 0.05) is 0 Å². The summed E-state index contributed by atoms with van der Waals surface area (Å²) in [7, 11) is 0. The number of carbonyl (C=O) groups is 3. The van der Waals surface area contributed by atoms with Gasteiger partial charge in [0.2, 0.25) is 0 Å². The van der Waals surface area contributed by atoms with E-state index in [1.807, 2.05) is 13.0 Å². The van der Waals surface area contributed by atoms with Crippen LogP contribution in [0.1, 0.15) is 12.5 Å². The molecule has 1 aliphatic heterocycles. The average Bonchev–Trinajstić information content (AvgIpc) is 2.62. The second-order valence-corrected chi connectivity index (χ2v) is 6.58. The van der Waals surface area contributed by atoms with Crippen molar-refractivity contribution >= 4 is 52.2 Å². The first-order valence-corrected chi connectivity index (χ1v) is 8.98. The van der Waals surface area contributed by atoms with Crippen LogP contribution >= 0.6 is 22.6 Å². The van der Waals surface area contributed by atoms with E-state index in [9.17, 15) is 14.4 Å². The molecule has 4 amide bonds. The standard InChI is InChI=1S/C19H15IN2O4/c1-2-26-16-9-8-12(11-15(16)20)10-14-17(23)21-19(25)22(18(14)24)13-6-4-3-5-7-13/h3-11H,2H2,1H3,(H,21,23,25)/b14-10+. The zero-order chi connectivity index (χ0) is 18.7. The van der Waals surface area contributed by atoms with Crippen molar-refractivity contribution < 1.29 is 19.1 Å². The SMILES string of the molecule is CCOc1ccc(/C=C2\C(=O)NC(=O)N(c3ccccc3)C2=O)cc1I. The molecule has 1 saturated heterocycles. The van der Waals surface area contributed by atoms with Gasteiger partial charge in [0.05, 0.1) is 15.9 Å². The summed E-state index contributed by atoms with van der Waals surface area (Å²) < 4.78 is 6.35. The predicted octanol–water partition coefficient (Wildman–Crippen LogP) is 3.36. The molecule has 7 heteroatoms. The van der Waals surface area contributed by atoms with E-state index >= 15 is 0 Å². The highest BCUT2D eigenvalue weighted by atomic mass is 127. The molecule has 0 aromatic heterocycles. The van der Waals surface area contributed by atoms with Crippen molar-refractivity contribution in [1.82, 2.24) is 5.32 Å². The van der Waals surface area contributed by atoms with E-state index in [2.05, 4.69) is 27.9 Å². The lowest BCUT2D eigenvalue weighted by Gasteiger charge is -2.26. The Balaban J connectivity index is 1.97. The Morgan fingerprint density at radius 3 is 2.50 bits per heavy atom. The number of benzene rings is 2. The zero-order valence-electron chi connectivity index (χ0n) is 13.9. The molecule has 0 atom stereocenters. The summed E-state index contributed by atoms with van der Waals surface area (Å²) in [6.45, 7) is 2.44. The maximum Gasteiger partial charge on any atom is 0.335 e. The predicted molar refractivity (Wildman–Crippen MR) is 106 cm³/mol. The first-order valence-electron chi connectivity index (χ1n) is 7.90. The highest BCUT2D eigenvalue weighted by Gasteiger charge is 2.36. The van der Waals surface area contributed by atoms with Gasteiger partial charge >= 0.3 is 6.03 Å². The molecule has 132 valence electrons. The van der Waals surface area contributed by atoms with E-state index < -0.39 is 17.8 Å². The molecule has 0 unspecified atom stereocenters. The molecule has 0 saturated carbocycles. The van der Waals surface area contributed by atoms with Gasteiger partial charge in [0.1, 0.15) is 11.3 Å². The van der Waals surface area contributed by atoms with E-state index in [1.165, 1.54) is 6.08 Å². The van der Waals surface area contributed by atoms with Gasteiger partial charge in [-0.05, 0) is 65.4 Å². The van der Waals surface area contributed by atoms with E-state index in [0.29, 0.717) is 17.9 Å². The fourth-order valence-corrected chi connectivity index (χ4v) is 3.21. The molecule has 3 rings (SSSR count). The number of rotatable bonds is 4. The van der Waals surface area contributed by atoms with E-state index in [1.54, 1.807) is 42.5 Å². The van der Waals surface area contributed by atoms with Gasteiger partial charge in [-0.15, -0.1) is 0 Å². The minimum Gasteiger partial charge on any atom is -0.493 e. The lowest BCUT2D eigenvalue weighted by molar-refractivity contribution is -0.122. The molecular weight excluding hydrogens is 447 g/mol. The Morgan fingerprint density at radius 2 is 1.85 bits per heavy atom. The molecule has 1 aliphatic rings. The number of para-hydroxylation sites is 1. The van der Waals surface area contributed by atoms with Gasteiger partial charge in [-0.2, -0.15) is 0 Å². The van der Waals surface area contributed by atoms with Gasteiger partial charge in [0.15, 0.2) is 0 Å². The summed E-state index contributed by atoms with van der Waals surface area (Å²) in [5.41, 5.74) is 0.960. The molecule has 1 heterocycles. The first kappa shape index (κ1) is 18.1. The smallest absolute Gasteiger partial charge is 0.335 e. The number of halogens is 1. The van der Waals surface area contributed by atoms with Crippen molar-refractivity contribution in [2.75, 3.05) is 11.5 Å². The average molecular weight is 462 g/mol. The fourth-order valence-electron chi connectivity index (χ4n) is 2.52. The second-order valence-electron chi connectivity index (χ2n) is 5.42. The summed E-state index contributed by atoms with van der Waals surface area (Å²) in [5.74, 6) is -0.638. The zero-order valence-corrected chi connectivity index (χ0v) is 16.0. The molecule has 2 aromatic carbocycles. The van der Waals surface area contributed by atoms with Gasteiger partial charge in [-0.3, -0.25) is 14.9 Å². The molecule has 1 N–H and O–H groups in total. The van der Waals surface area contributed by atoms with Crippen molar-refractivity contribution in [3.63, 3.8) is 0 Å². The van der Waals surface area contributed by atoms with Crippen LogP contribution in [0.2, 0.25) is 0 Å². The fraction of sp³-hybridized carbons (Fsp3) is 0.105. The molecule has 6 nitrogen and oxygen atoms in total. The number of nitrogens with zero attached hydrogens (tertiary/aromatic N) is 1. The van der Waals surface area contributed by atoms with Gasteiger partial charge in [0.25, 0.3) is 11.8 Å². The van der Waals surface area contributed by atoms with Crippen LogP contribution in [-0.2, 0) is 9.59 Å². The Morgan fingerprint density at radius 1 is 1.12 bits per heavy atom. The topological polar surface area (TPSA) is 75.7 Å². The quantitative estimate of drug-likeness (QED) is 0.430. The lowest BCUT2D eigenvalue weighted by Crippen LogP contribution is -2.54. The summed E-state index contributed by atoms with van der Waals surface area (Å²) >= 11 is 2.13.